The van der Waals surface area contributed by atoms with E-state index in [9.17, 15) is 9.18 Å². The Kier molecular flexibility index (Phi) is 10.4. The van der Waals surface area contributed by atoms with Crippen molar-refractivity contribution in [1.82, 2.24) is 29.5 Å². The molecule has 0 aliphatic carbocycles. The molecule has 41 heavy (non-hydrogen) atoms. The number of methoxy groups -OCH3 is 1. The molecule has 218 valence electrons. The lowest BCUT2D eigenvalue weighted by Gasteiger charge is -2.22. The summed E-state index contributed by atoms with van der Waals surface area (Å²) in [5.41, 5.74) is 1.71. The topological polar surface area (TPSA) is 110 Å². The number of aromatic nitrogens is 4. The fourth-order valence-corrected chi connectivity index (χ4v) is 4.24. The van der Waals surface area contributed by atoms with Crippen LogP contribution in [0, 0.1) is 5.82 Å². The van der Waals surface area contributed by atoms with Crippen molar-refractivity contribution in [2.75, 3.05) is 64.6 Å². The zero-order chi connectivity index (χ0) is 29.2. The summed E-state index contributed by atoms with van der Waals surface area (Å²) in [4.78, 5) is 25.8. The molecule has 0 radical (unpaired) electrons. The predicted octanol–water partition coefficient (Wildman–Crippen LogP) is 4.01. The van der Waals surface area contributed by atoms with Crippen LogP contribution in [0.4, 0.5) is 21.6 Å². The summed E-state index contributed by atoms with van der Waals surface area (Å²) in [7, 11) is 5.77. The molecule has 4 rings (SSSR count). The standard InChI is InChI=1S/C29H37FN8O3/c1-5-37(12-11-36(2)3)10-7-13-41-27-16-25-24(15-26(27)40-4)29(32-20-31-25)35-23-17-33-38(18-23)19-28(39)34-22-9-6-8-21(30)14-22/h6,8-9,14-18,20H,5,7,10-13,19H2,1-4H3,(H,34,39)(H,31,32,35). The summed E-state index contributed by atoms with van der Waals surface area (Å²) < 4.78 is 26.6. The summed E-state index contributed by atoms with van der Waals surface area (Å²) in [5, 5.41) is 10.9. The predicted molar refractivity (Wildman–Crippen MR) is 157 cm³/mol. The normalized spacial score (nSPS) is 11.3. The van der Waals surface area contributed by atoms with Crippen molar-refractivity contribution < 1.29 is 18.7 Å². The number of nitrogens with zero attached hydrogens (tertiary/aromatic N) is 6. The van der Waals surface area contributed by atoms with E-state index in [2.05, 4.69) is 56.5 Å². The first-order valence-electron chi connectivity index (χ1n) is 13.5. The maximum atomic E-state index is 13.4. The molecule has 0 unspecified atom stereocenters. The van der Waals surface area contributed by atoms with E-state index in [1.165, 1.54) is 29.2 Å². The minimum absolute atomic E-state index is 0.0388. The van der Waals surface area contributed by atoms with Gasteiger partial charge in [-0.1, -0.05) is 13.0 Å². The van der Waals surface area contributed by atoms with Crippen molar-refractivity contribution in [3.8, 4) is 11.5 Å². The molecule has 2 aromatic heterocycles. The number of ether oxygens (including phenoxy) is 2. The van der Waals surface area contributed by atoms with Crippen LogP contribution in [0.3, 0.4) is 0 Å². The first-order valence-corrected chi connectivity index (χ1v) is 13.5. The highest BCUT2D eigenvalue weighted by Gasteiger charge is 2.14. The summed E-state index contributed by atoms with van der Waals surface area (Å²) in [6, 6.07) is 9.42. The fraction of sp³-hybridized carbons (Fsp3) is 0.379. The van der Waals surface area contributed by atoms with Gasteiger partial charge in [0, 0.05) is 43.0 Å². The SMILES string of the molecule is CCN(CCCOc1cc2ncnc(Nc3cnn(CC(=O)Nc4cccc(F)c4)c3)c2cc1OC)CCN(C)C. The third-order valence-corrected chi connectivity index (χ3v) is 6.42. The molecule has 2 heterocycles. The van der Waals surface area contributed by atoms with Gasteiger partial charge in [-0.05, 0) is 51.3 Å². The molecule has 0 aliphatic heterocycles. The molecular weight excluding hydrogens is 527 g/mol. The van der Waals surface area contributed by atoms with E-state index in [1.807, 2.05) is 12.1 Å². The number of anilines is 3. The highest BCUT2D eigenvalue weighted by Crippen LogP contribution is 2.34. The maximum absolute atomic E-state index is 13.4. The average molecular weight is 565 g/mol. The van der Waals surface area contributed by atoms with Crippen LogP contribution >= 0.6 is 0 Å². The maximum Gasteiger partial charge on any atom is 0.246 e. The Hall–Kier alpha value is -4.29. The Labute approximate surface area is 239 Å². The Balaban J connectivity index is 1.38. The van der Waals surface area contributed by atoms with Gasteiger partial charge in [0.1, 0.15) is 24.5 Å². The van der Waals surface area contributed by atoms with E-state index in [0.29, 0.717) is 40.8 Å². The molecule has 0 aliphatic rings. The number of fused-ring (bicyclic) bond motifs is 1. The van der Waals surface area contributed by atoms with Crippen molar-refractivity contribution in [2.24, 2.45) is 0 Å². The molecule has 12 heteroatoms. The lowest BCUT2D eigenvalue weighted by molar-refractivity contribution is -0.116. The van der Waals surface area contributed by atoms with Gasteiger partial charge in [0.2, 0.25) is 5.91 Å². The number of halogens is 1. The second kappa shape index (κ2) is 14.4. The van der Waals surface area contributed by atoms with Crippen LogP contribution < -0.4 is 20.1 Å². The first kappa shape index (κ1) is 29.7. The number of hydrogen-bond donors (Lipinski definition) is 2. The Morgan fingerprint density at radius 3 is 2.68 bits per heavy atom. The van der Waals surface area contributed by atoms with Crippen molar-refractivity contribution in [3.05, 3.63) is 60.9 Å². The third-order valence-electron chi connectivity index (χ3n) is 6.42. The van der Waals surface area contributed by atoms with Crippen LogP contribution in [0.1, 0.15) is 13.3 Å². The summed E-state index contributed by atoms with van der Waals surface area (Å²) in [6.07, 6.45) is 5.65. The number of amides is 1. The van der Waals surface area contributed by atoms with E-state index in [-0.39, 0.29) is 12.5 Å². The largest absolute Gasteiger partial charge is 0.493 e. The second-order valence-corrected chi connectivity index (χ2v) is 9.79. The van der Waals surface area contributed by atoms with Gasteiger partial charge in [0.05, 0.1) is 31.1 Å². The van der Waals surface area contributed by atoms with Crippen LogP contribution in [0.25, 0.3) is 10.9 Å². The van der Waals surface area contributed by atoms with Gasteiger partial charge < -0.3 is 29.9 Å². The van der Waals surface area contributed by atoms with Gasteiger partial charge in [-0.15, -0.1) is 0 Å². The van der Waals surface area contributed by atoms with E-state index >= 15 is 0 Å². The van der Waals surface area contributed by atoms with Crippen LogP contribution in [0.15, 0.2) is 55.1 Å². The van der Waals surface area contributed by atoms with Gasteiger partial charge in [-0.25, -0.2) is 14.4 Å². The number of rotatable bonds is 15. The first-order chi connectivity index (χ1) is 19.8. The monoisotopic (exact) mass is 564 g/mol. The Bertz CT molecular complexity index is 1440. The van der Waals surface area contributed by atoms with Crippen molar-refractivity contribution >= 4 is 34.0 Å². The van der Waals surface area contributed by atoms with Crippen LogP contribution in [-0.2, 0) is 11.3 Å². The minimum Gasteiger partial charge on any atom is -0.493 e. The summed E-state index contributed by atoms with van der Waals surface area (Å²) >= 11 is 0. The highest BCUT2D eigenvalue weighted by molar-refractivity contribution is 5.93. The molecule has 0 saturated carbocycles. The number of nitrogens with one attached hydrogen (secondary N) is 2. The van der Waals surface area contributed by atoms with E-state index in [0.717, 1.165) is 38.0 Å². The molecule has 0 bridgehead atoms. The van der Waals surface area contributed by atoms with Crippen LogP contribution in [0.5, 0.6) is 11.5 Å². The Morgan fingerprint density at radius 2 is 1.93 bits per heavy atom. The average Bonchev–Trinajstić information content (AvgIpc) is 3.38. The molecule has 2 N–H and O–H groups in total. The zero-order valence-corrected chi connectivity index (χ0v) is 23.9. The number of carbonyl (C=O) groups excluding carboxylic acids is 1. The van der Waals surface area contributed by atoms with Gasteiger partial charge >= 0.3 is 0 Å². The number of likely N-dealkylation sites (N-methyl/N-ethyl adjacent to an activating group) is 2. The zero-order valence-electron chi connectivity index (χ0n) is 23.9. The third kappa shape index (κ3) is 8.60. The van der Waals surface area contributed by atoms with Gasteiger partial charge in [0.15, 0.2) is 11.5 Å². The molecule has 4 aromatic rings. The number of carbonyl (C=O) groups is 1. The summed E-state index contributed by atoms with van der Waals surface area (Å²) in [5.74, 6) is 1.02. The van der Waals surface area contributed by atoms with Gasteiger partial charge in [0.25, 0.3) is 0 Å². The van der Waals surface area contributed by atoms with Gasteiger partial charge in [-0.2, -0.15) is 5.10 Å². The van der Waals surface area contributed by atoms with Crippen molar-refractivity contribution in [2.45, 2.75) is 19.9 Å². The molecule has 0 spiro atoms. The van der Waals surface area contributed by atoms with Crippen LogP contribution in [-0.4, -0.2) is 89.4 Å². The van der Waals surface area contributed by atoms with E-state index < -0.39 is 5.82 Å². The minimum atomic E-state index is -0.421. The molecule has 0 atom stereocenters. The molecule has 1 amide bonds. The molecule has 0 saturated heterocycles. The number of benzene rings is 2. The lowest BCUT2D eigenvalue weighted by atomic mass is 10.2. The van der Waals surface area contributed by atoms with E-state index in [4.69, 9.17) is 9.47 Å². The number of hydrogen-bond acceptors (Lipinski definition) is 9. The fourth-order valence-electron chi connectivity index (χ4n) is 4.24. The lowest BCUT2D eigenvalue weighted by Crippen LogP contribution is -2.32. The van der Waals surface area contributed by atoms with E-state index in [1.54, 1.807) is 25.6 Å². The second-order valence-electron chi connectivity index (χ2n) is 9.79. The molecular formula is C29H37FN8O3. The van der Waals surface area contributed by atoms with Gasteiger partial charge in [-0.3, -0.25) is 9.48 Å². The summed E-state index contributed by atoms with van der Waals surface area (Å²) in [6.45, 7) is 6.70. The quantitative estimate of drug-likeness (QED) is 0.207. The molecule has 2 aromatic carbocycles. The van der Waals surface area contributed by atoms with Crippen molar-refractivity contribution in [1.29, 1.82) is 0 Å². The highest BCUT2D eigenvalue weighted by atomic mass is 19.1. The molecule has 11 nitrogen and oxygen atoms in total. The van der Waals surface area contributed by atoms with Crippen molar-refractivity contribution in [3.63, 3.8) is 0 Å². The Morgan fingerprint density at radius 1 is 1.07 bits per heavy atom. The van der Waals surface area contributed by atoms with Crippen LogP contribution in [0.2, 0.25) is 0 Å². The smallest absolute Gasteiger partial charge is 0.246 e. The molecule has 0 fully saturated rings.